The number of nitrogens with one attached hydrogen (secondary N) is 1. The normalized spacial score (nSPS) is 13.6. The third-order valence-electron chi connectivity index (χ3n) is 5.09. The summed E-state index contributed by atoms with van der Waals surface area (Å²) in [5.41, 5.74) is 1.12. The molecule has 0 aliphatic rings. The Balaban J connectivity index is 2.12. The predicted octanol–water partition coefficient (Wildman–Crippen LogP) is 3.96. The van der Waals surface area contributed by atoms with Gasteiger partial charge in [-0.1, -0.05) is 32.0 Å². The molecule has 7 nitrogen and oxygen atoms in total. The number of aliphatic hydroxyl groups is 1. The lowest BCUT2D eigenvalue weighted by atomic mass is 9.94. The van der Waals surface area contributed by atoms with Crippen LogP contribution in [0.15, 0.2) is 48.7 Å². The van der Waals surface area contributed by atoms with Gasteiger partial charge in [-0.15, -0.1) is 0 Å². The van der Waals surface area contributed by atoms with Crippen LogP contribution in [0.3, 0.4) is 0 Å². The Morgan fingerprint density at radius 3 is 2.34 bits per heavy atom. The lowest BCUT2D eigenvalue weighted by Gasteiger charge is -2.42. The summed E-state index contributed by atoms with van der Waals surface area (Å²) in [4.78, 5) is 17.7. The molecule has 0 aliphatic heterocycles. The predicted molar refractivity (Wildman–Crippen MR) is 126 cm³/mol. The maximum Gasteiger partial charge on any atom is 0.408 e. The molecule has 0 radical (unpaired) electrons. The van der Waals surface area contributed by atoms with E-state index in [0.717, 1.165) is 17.8 Å². The van der Waals surface area contributed by atoms with E-state index < -0.39 is 23.8 Å². The molecule has 32 heavy (non-hydrogen) atoms. The highest BCUT2D eigenvalue weighted by atomic mass is 16.5. The molecule has 0 spiro atoms. The summed E-state index contributed by atoms with van der Waals surface area (Å²) in [5.74, 6) is 1.15. The molecule has 2 atom stereocenters. The van der Waals surface area contributed by atoms with Crippen LogP contribution in [0, 0.1) is 5.92 Å². The minimum Gasteiger partial charge on any atom is -0.487 e. The first kappa shape index (κ1) is 25.6. The molecule has 0 aliphatic carbocycles. The van der Waals surface area contributed by atoms with E-state index in [4.69, 9.17) is 4.74 Å². The second kappa shape index (κ2) is 11.8. The Bertz CT molecular complexity index is 819. The number of ether oxygens (including phenoxy) is 1. The molecule has 2 aromatic rings. The molecule has 7 heteroatoms. The number of carbonyl (C=O) groups is 1. The van der Waals surface area contributed by atoms with Crippen molar-refractivity contribution in [3.8, 4) is 5.75 Å². The maximum absolute atomic E-state index is 12.1. The van der Waals surface area contributed by atoms with Crippen LogP contribution >= 0.6 is 0 Å². The van der Waals surface area contributed by atoms with Crippen LogP contribution in [0.1, 0.15) is 45.9 Å². The van der Waals surface area contributed by atoms with Crippen molar-refractivity contribution in [3.63, 3.8) is 0 Å². The smallest absolute Gasteiger partial charge is 0.408 e. The summed E-state index contributed by atoms with van der Waals surface area (Å²) in [6.45, 7) is 11.2. The fourth-order valence-corrected chi connectivity index (χ4v) is 3.59. The van der Waals surface area contributed by atoms with Gasteiger partial charge < -0.3 is 20.3 Å². The van der Waals surface area contributed by atoms with Crippen molar-refractivity contribution in [1.82, 2.24) is 15.2 Å². The van der Waals surface area contributed by atoms with Crippen LogP contribution in [0.4, 0.5) is 4.79 Å². The molecule has 176 valence electrons. The topological polar surface area (TPSA) is 94.9 Å². The summed E-state index contributed by atoms with van der Waals surface area (Å²) < 4.78 is 5.79. The van der Waals surface area contributed by atoms with Gasteiger partial charge in [0.25, 0.3) is 0 Å². The van der Waals surface area contributed by atoms with E-state index in [0.29, 0.717) is 31.2 Å². The van der Waals surface area contributed by atoms with Crippen molar-refractivity contribution in [2.75, 3.05) is 13.1 Å². The minimum atomic E-state index is -1.04. The highest BCUT2D eigenvalue weighted by molar-refractivity contribution is 5.66. The molecule has 0 bridgehead atoms. The van der Waals surface area contributed by atoms with Gasteiger partial charge >= 0.3 is 6.09 Å². The van der Waals surface area contributed by atoms with Gasteiger partial charge in [0, 0.05) is 18.3 Å². The second-order valence-corrected chi connectivity index (χ2v) is 9.47. The van der Waals surface area contributed by atoms with Crippen molar-refractivity contribution in [2.24, 2.45) is 5.92 Å². The average Bonchev–Trinajstić information content (AvgIpc) is 2.72. The van der Waals surface area contributed by atoms with Gasteiger partial charge in [0.05, 0.1) is 17.8 Å². The van der Waals surface area contributed by atoms with Crippen LogP contribution in [0.25, 0.3) is 0 Å². The Kier molecular flexibility index (Phi) is 9.47. The highest BCUT2D eigenvalue weighted by Gasteiger charge is 2.37. The molecule has 3 N–H and O–H groups in total. The number of rotatable bonds is 11. The maximum atomic E-state index is 12.1. The number of pyridine rings is 1. The van der Waals surface area contributed by atoms with Crippen molar-refractivity contribution in [3.05, 3.63) is 59.9 Å². The Morgan fingerprint density at radius 1 is 1.12 bits per heavy atom. The fraction of sp³-hybridized carbons (Fsp3) is 0.520. The summed E-state index contributed by atoms with van der Waals surface area (Å²) in [6.07, 6.45) is 0.242. The van der Waals surface area contributed by atoms with Crippen LogP contribution in [-0.2, 0) is 13.0 Å². The summed E-state index contributed by atoms with van der Waals surface area (Å²) in [7, 11) is 0. The lowest BCUT2D eigenvalue weighted by molar-refractivity contribution is 0.00765. The number of aliphatic hydroxyl groups excluding tert-OH is 1. The van der Waals surface area contributed by atoms with Gasteiger partial charge in [0.2, 0.25) is 0 Å². The van der Waals surface area contributed by atoms with Gasteiger partial charge in [-0.3, -0.25) is 9.88 Å². The molecule has 0 unspecified atom stereocenters. The molecule has 1 aromatic heterocycles. The molecule has 2 rings (SSSR count). The van der Waals surface area contributed by atoms with Crippen molar-refractivity contribution < 1.29 is 19.7 Å². The summed E-state index contributed by atoms with van der Waals surface area (Å²) >= 11 is 0. The SMILES string of the molecule is CC(C)CNC[C@@H](O)[C@H](Cc1ccc(OCc2ccccn2)cc1)N(C(=O)O)C(C)(C)C. The Hall–Kier alpha value is -2.64. The minimum absolute atomic E-state index is 0.327. The van der Waals surface area contributed by atoms with E-state index in [2.05, 4.69) is 24.1 Å². The average molecular weight is 444 g/mol. The molecular formula is C25H37N3O4. The van der Waals surface area contributed by atoms with Crippen molar-refractivity contribution in [1.29, 1.82) is 0 Å². The quantitative estimate of drug-likeness (QED) is 0.487. The van der Waals surface area contributed by atoms with Crippen LogP contribution in [0.5, 0.6) is 5.75 Å². The van der Waals surface area contributed by atoms with E-state index in [1.807, 2.05) is 63.2 Å². The number of amides is 1. The lowest BCUT2D eigenvalue weighted by Crippen LogP contribution is -2.58. The van der Waals surface area contributed by atoms with Crippen molar-refractivity contribution in [2.45, 2.75) is 65.3 Å². The first-order valence-electron chi connectivity index (χ1n) is 11.1. The molecule has 0 fully saturated rings. The molecule has 1 heterocycles. The van der Waals surface area contributed by atoms with E-state index >= 15 is 0 Å². The third-order valence-corrected chi connectivity index (χ3v) is 5.09. The van der Waals surface area contributed by atoms with E-state index in [1.165, 1.54) is 4.90 Å². The van der Waals surface area contributed by atoms with Crippen LogP contribution in [0.2, 0.25) is 0 Å². The number of benzene rings is 1. The standard InChI is InChI=1S/C25H37N3O4/c1-18(2)15-26-16-23(29)22(28(24(30)31)25(3,4)5)14-19-9-11-21(12-10-19)32-17-20-8-6-7-13-27-20/h6-13,18,22-23,26,29H,14-17H2,1-5H3,(H,30,31)/t22-,23+/m0/s1. The van der Waals surface area contributed by atoms with E-state index in [-0.39, 0.29) is 0 Å². The molecular weight excluding hydrogens is 406 g/mol. The van der Waals surface area contributed by atoms with E-state index in [1.54, 1.807) is 6.20 Å². The second-order valence-electron chi connectivity index (χ2n) is 9.47. The van der Waals surface area contributed by atoms with Gasteiger partial charge in [-0.2, -0.15) is 0 Å². The Labute approximate surface area is 191 Å². The number of nitrogens with zero attached hydrogens (tertiary/aromatic N) is 2. The zero-order valence-corrected chi connectivity index (χ0v) is 19.8. The van der Waals surface area contributed by atoms with Gasteiger partial charge in [-0.25, -0.2) is 4.79 Å². The zero-order chi connectivity index (χ0) is 23.7. The van der Waals surface area contributed by atoms with Gasteiger partial charge in [0.1, 0.15) is 12.4 Å². The largest absolute Gasteiger partial charge is 0.487 e. The number of carboxylic acid groups (broad SMARTS) is 1. The molecule has 1 aromatic carbocycles. The fourth-order valence-electron chi connectivity index (χ4n) is 3.59. The van der Waals surface area contributed by atoms with E-state index in [9.17, 15) is 15.0 Å². The third kappa shape index (κ3) is 8.13. The van der Waals surface area contributed by atoms with Crippen LogP contribution < -0.4 is 10.1 Å². The van der Waals surface area contributed by atoms with Crippen LogP contribution in [-0.4, -0.2) is 57.0 Å². The monoisotopic (exact) mass is 443 g/mol. The van der Waals surface area contributed by atoms with Gasteiger partial charge in [-0.05, 0) is 69.5 Å². The zero-order valence-electron chi connectivity index (χ0n) is 19.8. The Morgan fingerprint density at radius 2 is 1.81 bits per heavy atom. The molecule has 0 saturated heterocycles. The molecule has 0 saturated carbocycles. The van der Waals surface area contributed by atoms with Gasteiger partial charge in [0.15, 0.2) is 0 Å². The number of hydrogen-bond donors (Lipinski definition) is 3. The first-order chi connectivity index (χ1) is 15.1. The van der Waals surface area contributed by atoms with Crippen molar-refractivity contribution >= 4 is 6.09 Å². The highest BCUT2D eigenvalue weighted by Crippen LogP contribution is 2.24. The summed E-state index contributed by atoms with van der Waals surface area (Å²) in [5, 5.41) is 24.1. The summed E-state index contributed by atoms with van der Waals surface area (Å²) in [6, 6.07) is 12.6. The number of hydrogen-bond acceptors (Lipinski definition) is 5. The number of aromatic nitrogens is 1. The first-order valence-corrected chi connectivity index (χ1v) is 11.1. The molecule has 1 amide bonds.